The number of hydrogen-bond acceptors (Lipinski definition) is 5. The van der Waals surface area contributed by atoms with Gasteiger partial charge in [0.25, 0.3) is 5.91 Å². The number of amides is 1. The summed E-state index contributed by atoms with van der Waals surface area (Å²) >= 11 is 1.44. The quantitative estimate of drug-likeness (QED) is 0.798. The number of esters is 1. The maximum Gasteiger partial charge on any atom is 0.308 e. The van der Waals surface area contributed by atoms with Crippen molar-refractivity contribution >= 4 is 28.2 Å². The van der Waals surface area contributed by atoms with Gasteiger partial charge in [-0.1, -0.05) is 13.8 Å². The van der Waals surface area contributed by atoms with Gasteiger partial charge in [0.05, 0.1) is 21.9 Å². The number of rotatable bonds is 4. The van der Waals surface area contributed by atoms with Gasteiger partial charge in [-0.2, -0.15) is 5.26 Å². The van der Waals surface area contributed by atoms with E-state index in [4.69, 9.17) is 4.74 Å². The number of nitrogens with two attached hydrogens (primary N) is 1. The molecule has 0 saturated carbocycles. The third kappa shape index (κ3) is 4.20. The number of thiophene rings is 1. The average Bonchev–Trinajstić information content (AvgIpc) is 2.80. The molecule has 2 heterocycles. The molecule has 1 aromatic heterocycles. The van der Waals surface area contributed by atoms with Crippen LogP contribution in [0.15, 0.2) is 0 Å². The molecule has 1 aromatic rings. The Balaban J connectivity index is 2.24. The molecule has 0 bridgehead atoms. The third-order valence-corrected chi connectivity index (χ3v) is 5.64. The van der Waals surface area contributed by atoms with Crippen molar-refractivity contribution in [3.05, 3.63) is 16.0 Å². The summed E-state index contributed by atoms with van der Waals surface area (Å²) < 4.78 is 4.95. The topological polar surface area (TPSA) is 95.8 Å². The average molecular weight is 364 g/mol. The highest BCUT2D eigenvalue weighted by molar-refractivity contribution is 7.16. The molecule has 0 atom stereocenters. The maximum atomic E-state index is 12.1. The summed E-state index contributed by atoms with van der Waals surface area (Å²) in [6, 6.07) is 2.24. The molecule has 1 aliphatic heterocycles. The van der Waals surface area contributed by atoms with E-state index in [0.29, 0.717) is 10.6 Å². The van der Waals surface area contributed by atoms with Crippen LogP contribution in [0, 0.1) is 17.2 Å². The van der Waals surface area contributed by atoms with Crippen molar-refractivity contribution in [2.75, 3.05) is 11.9 Å². The Labute approximate surface area is 152 Å². The van der Waals surface area contributed by atoms with Crippen molar-refractivity contribution in [3.63, 3.8) is 0 Å². The van der Waals surface area contributed by atoms with E-state index < -0.39 is 11.9 Å². The van der Waals surface area contributed by atoms with Crippen molar-refractivity contribution in [3.8, 4) is 6.07 Å². The molecule has 3 N–H and O–H groups in total. The number of anilines is 1. The Bertz CT molecular complexity index is 741. The smallest absolute Gasteiger partial charge is 0.308 e. The molecule has 25 heavy (non-hydrogen) atoms. The van der Waals surface area contributed by atoms with Crippen LogP contribution in [0.5, 0.6) is 0 Å². The van der Waals surface area contributed by atoms with Crippen LogP contribution in [0.1, 0.15) is 57.5 Å². The highest BCUT2D eigenvalue weighted by Gasteiger charge is 2.44. The lowest BCUT2D eigenvalue weighted by molar-refractivity contribution is -0.789. The molecular formula is C18H26N3O3S+. The molecule has 7 heteroatoms. The molecule has 0 spiro atoms. The Morgan fingerprint density at radius 1 is 1.36 bits per heavy atom. The second-order valence-electron chi connectivity index (χ2n) is 8.07. The fourth-order valence-electron chi connectivity index (χ4n) is 3.38. The van der Waals surface area contributed by atoms with Gasteiger partial charge in [0, 0.05) is 6.42 Å². The van der Waals surface area contributed by atoms with Gasteiger partial charge in [0.15, 0.2) is 6.61 Å². The zero-order chi connectivity index (χ0) is 19.0. The monoisotopic (exact) mass is 364 g/mol. The predicted octanol–water partition coefficient (Wildman–Crippen LogP) is 1.89. The first-order valence-electron chi connectivity index (χ1n) is 8.36. The summed E-state index contributed by atoms with van der Waals surface area (Å²) in [5.41, 5.74) is 1.36. The number of carbonyl (C=O) groups excluding carboxylic acids is 2. The molecule has 0 aliphatic carbocycles. The number of nitrogens with zero attached hydrogens (tertiary/aromatic N) is 1. The maximum absolute atomic E-state index is 12.1. The van der Waals surface area contributed by atoms with Crippen LogP contribution in [-0.2, 0) is 26.3 Å². The lowest BCUT2D eigenvalue weighted by atomic mass is 9.81. The van der Waals surface area contributed by atoms with Gasteiger partial charge in [-0.3, -0.25) is 9.59 Å². The minimum atomic E-state index is -0.426. The fourth-order valence-corrected chi connectivity index (χ4v) is 4.64. The molecule has 136 valence electrons. The van der Waals surface area contributed by atoms with Crippen molar-refractivity contribution in [2.24, 2.45) is 5.92 Å². The largest absolute Gasteiger partial charge is 0.455 e. The van der Waals surface area contributed by atoms with Gasteiger partial charge in [-0.25, -0.2) is 0 Å². The van der Waals surface area contributed by atoms with Gasteiger partial charge in [-0.15, -0.1) is 11.3 Å². The molecule has 2 rings (SSSR count). The molecule has 0 aromatic carbocycles. The Morgan fingerprint density at radius 3 is 2.56 bits per heavy atom. The van der Waals surface area contributed by atoms with E-state index in [9.17, 15) is 14.9 Å². The van der Waals surface area contributed by atoms with E-state index in [0.717, 1.165) is 16.9 Å². The van der Waals surface area contributed by atoms with E-state index in [2.05, 4.69) is 44.4 Å². The number of carbonyl (C=O) groups is 2. The first kappa shape index (κ1) is 19.4. The van der Waals surface area contributed by atoms with E-state index in [-0.39, 0.29) is 23.6 Å². The third-order valence-electron chi connectivity index (χ3n) is 4.16. The Hall–Kier alpha value is -1.91. The molecular weight excluding hydrogens is 338 g/mol. The summed E-state index contributed by atoms with van der Waals surface area (Å²) in [4.78, 5) is 24.7. The highest BCUT2D eigenvalue weighted by Crippen LogP contribution is 2.41. The summed E-state index contributed by atoms with van der Waals surface area (Å²) in [7, 11) is 0. The van der Waals surface area contributed by atoms with E-state index >= 15 is 0 Å². The van der Waals surface area contributed by atoms with Gasteiger partial charge in [0.2, 0.25) is 0 Å². The van der Waals surface area contributed by atoms with Crippen molar-refractivity contribution in [1.29, 1.82) is 5.26 Å². The number of ether oxygens (including phenoxy) is 1. The first-order valence-corrected chi connectivity index (χ1v) is 9.18. The van der Waals surface area contributed by atoms with Crippen LogP contribution in [-0.4, -0.2) is 24.0 Å². The van der Waals surface area contributed by atoms with Crippen LogP contribution < -0.4 is 10.6 Å². The van der Waals surface area contributed by atoms with Crippen LogP contribution in [0.2, 0.25) is 0 Å². The summed E-state index contributed by atoms with van der Waals surface area (Å²) in [6.45, 7) is 11.6. The zero-order valence-electron chi connectivity index (χ0n) is 15.6. The molecule has 0 radical (unpaired) electrons. The normalized spacial score (nSPS) is 17.5. The number of hydrogen-bond donors (Lipinski definition) is 2. The number of fused-ring (bicyclic) bond motifs is 1. The predicted molar refractivity (Wildman–Crippen MR) is 96.2 cm³/mol. The van der Waals surface area contributed by atoms with E-state index in [1.54, 1.807) is 13.8 Å². The first-order chi connectivity index (χ1) is 11.5. The van der Waals surface area contributed by atoms with Crippen LogP contribution in [0.25, 0.3) is 0 Å². The van der Waals surface area contributed by atoms with Crippen LogP contribution >= 0.6 is 11.3 Å². The second-order valence-corrected chi connectivity index (χ2v) is 9.09. The van der Waals surface area contributed by atoms with Gasteiger partial charge >= 0.3 is 5.97 Å². The fraction of sp³-hybridized carbons (Fsp3) is 0.611. The lowest BCUT2D eigenvalue weighted by Crippen LogP contribution is -3.03. The Morgan fingerprint density at radius 2 is 2.00 bits per heavy atom. The summed E-state index contributed by atoms with van der Waals surface area (Å²) in [5.74, 6) is -1.13. The Kier molecular flexibility index (Phi) is 5.26. The summed E-state index contributed by atoms with van der Waals surface area (Å²) in [5, 5.41) is 15.2. The number of quaternary nitrogens is 1. The zero-order valence-corrected chi connectivity index (χ0v) is 16.5. The molecule has 0 fully saturated rings. The molecule has 6 nitrogen and oxygen atoms in total. The second kappa shape index (κ2) is 6.77. The van der Waals surface area contributed by atoms with Crippen LogP contribution in [0.3, 0.4) is 0 Å². The minimum Gasteiger partial charge on any atom is -0.455 e. The van der Waals surface area contributed by atoms with Crippen molar-refractivity contribution < 1.29 is 19.6 Å². The van der Waals surface area contributed by atoms with Crippen molar-refractivity contribution in [2.45, 2.75) is 59.0 Å². The van der Waals surface area contributed by atoms with Gasteiger partial charge in [-0.05, 0) is 33.3 Å². The summed E-state index contributed by atoms with van der Waals surface area (Å²) in [6.07, 6.45) is 0.767. The molecule has 1 amide bonds. The molecule has 0 saturated heterocycles. The van der Waals surface area contributed by atoms with E-state index in [1.807, 2.05) is 0 Å². The molecule has 0 unspecified atom stereocenters. The van der Waals surface area contributed by atoms with E-state index in [1.165, 1.54) is 11.3 Å². The number of nitriles is 1. The standard InChI is InChI=1S/C18H25N3O3S/c1-10(2)16(23)24-9-13(22)20-15-12(8-19)11-7-17(3,4)21-18(5,6)14(11)25-15/h10,21H,7,9H2,1-6H3,(H,20,22)/p+1. The van der Waals surface area contributed by atoms with Gasteiger partial charge < -0.3 is 15.4 Å². The van der Waals surface area contributed by atoms with Crippen molar-refractivity contribution in [1.82, 2.24) is 0 Å². The number of nitrogens with one attached hydrogen (secondary N) is 1. The minimum absolute atomic E-state index is 0.0166. The highest BCUT2D eigenvalue weighted by atomic mass is 32.1. The van der Waals surface area contributed by atoms with Crippen LogP contribution in [0.4, 0.5) is 5.00 Å². The SMILES string of the molecule is CC(C)C(=O)OCC(=O)Nc1sc2c(c1C#N)CC(C)(C)[NH2+]C2(C)C. The molecule has 1 aliphatic rings. The van der Waals surface area contributed by atoms with Gasteiger partial charge in [0.1, 0.15) is 16.6 Å². The lowest BCUT2D eigenvalue weighted by Gasteiger charge is -2.38.